The Hall–Kier alpha value is -0.790. The van der Waals surface area contributed by atoms with Gasteiger partial charge in [0.1, 0.15) is 0 Å². The van der Waals surface area contributed by atoms with Gasteiger partial charge in [0.05, 0.1) is 5.41 Å². The van der Waals surface area contributed by atoms with Crippen molar-refractivity contribution in [2.75, 3.05) is 0 Å². The van der Waals surface area contributed by atoms with Gasteiger partial charge < -0.3 is 5.73 Å². The minimum Gasteiger partial charge on any atom is -0.369 e. The summed E-state index contributed by atoms with van der Waals surface area (Å²) in [5.41, 5.74) is 6.41. The summed E-state index contributed by atoms with van der Waals surface area (Å²) in [5.74, 6) is 0.758. The van der Waals surface area contributed by atoms with Crippen LogP contribution in [0.4, 0.5) is 0 Å². The van der Waals surface area contributed by atoms with E-state index in [2.05, 4.69) is 20.4 Å². The predicted molar refractivity (Wildman–Crippen MR) is 63.2 cm³/mol. The van der Waals surface area contributed by atoms with E-state index in [1.807, 2.05) is 6.92 Å². The minimum absolute atomic E-state index is 0.135. The summed E-state index contributed by atoms with van der Waals surface area (Å²) in [6.45, 7) is 10.3. The number of carbonyl (C=O) groups excluding carboxylic acids is 1. The summed E-state index contributed by atoms with van der Waals surface area (Å²) >= 11 is 0. The molecule has 1 amide bonds. The fourth-order valence-corrected chi connectivity index (χ4v) is 3.15. The van der Waals surface area contributed by atoms with Crippen LogP contribution in [0.1, 0.15) is 46.5 Å². The molecule has 2 nitrogen and oxygen atoms in total. The number of hydrogen-bond acceptors (Lipinski definition) is 1. The third-order valence-electron chi connectivity index (χ3n) is 4.04. The Kier molecular flexibility index (Phi) is 3.58. The summed E-state index contributed by atoms with van der Waals surface area (Å²) < 4.78 is 0. The van der Waals surface area contributed by atoms with Gasteiger partial charge in [-0.3, -0.25) is 4.79 Å². The predicted octanol–water partition coefficient (Wildman–Crippen LogP) is 2.88. The Balaban J connectivity index is 3.04. The highest BCUT2D eigenvalue weighted by Crippen LogP contribution is 2.48. The lowest BCUT2D eigenvalue weighted by molar-refractivity contribution is -0.133. The normalized spacial score (nSPS) is 36.2. The van der Waals surface area contributed by atoms with Crippen LogP contribution >= 0.6 is 0 Å². The maximum atomic E-state index is 11.7. The van der Waals surface area contributed by atoms with E-state index in [-0.39, 0.29) is 17.2 Å². The molecule has 1 aliphatic rings. The topological polar surface area (TPSA) is 43.1 Å². The molecule has 0 aromatic carbocycles. The second kappa shape index (κ2) is 4.38. The van der Waals surface area contributed by atoms with Crippen LogP contribution < -0.4 is 5.73 Å². The number of rotatable bonds is 3. The van der Waals surface area contributed by atoms with E-state index in [4.69, 9.17) is 5.73 Å². The standard InChI is InChI=1S/C13H23NO/c1-5-13(12(14)15)8-10(4)6-7-11(13)9(2)3/h10-11H,2,5-8H2,1,3-4H3,(H2,14,15). The third-order valence-corrected chi connectivity index (χ3v) is 4.04. The summed E-state index contributed by atoms with van der Waals surface area (Å²) in [7, 11) is 0. The quantitative estimate of drug-likeness (QED) is 0.714. The van der Waals surface area contributed by atoms with Gasteiger partial charge in [-0.2, -0.15) is 0 Å². The Morgan fingerprint density at radius 1 is 1.53 bits per heavy atom. The van der Waals surface area contributed by atoms with Crippen LogP contribution in [-0.2, 0) is 4.79 Å². The Labute approximate surface area is 92.9 Å². The van der Waals surface area contributed by atoms with E-state index in [0.717, 1.165) is 24.8 Å². The molecule has 0 radical (unpaired) electrons. The van der Waals surface area contributed by atoms with Gasteiger partial charge in [0.15, 0.2) is 0 Å². The van der Waals surface area contributed by atoms with E-state index in [0.29, 0.717) is 5.92 Å². The van der Waals surface area contributed by atoms with Crippen molar-refractivity contribution in [1.29, 1.82) is 0 Å². The van der Waals surface area contributed by atoms with E-state index < -0.39 is 0 Å². The van der Waals surface area contributed by atoms with Crippen molar-refractivity contribution in [2.45, 2.75) is 46.5 Å². The molecular weight excluding hydrogens is 186 g/mol. The number of hydrogen-bond donors (Lipinski definition) is 1. The fraction of sp³-hybridized carbons (Fsp3) is 0.769. The van der Waals surface area contributed by atoms with Gasteiger partial charge in [-0.05, 0) is 38.0 Å². The lowest BCUT2D eigenvalue weighted by Gasteiger charge is -2.44. The van der Waals surface area contributed by atoms with Crippen LogP contribution in [-0.4, -0.2) is 5.91 Å². The second-order valence-corrected chi connectivity index (χ2v) is 5.16. The van der Waals surface area contributed by atoms with Gasteiger partial charge in [-0.1, -0.05) is 32.4 Å². The Morgan fingerprint density at radius 3 is 2.53 bits per heavy atom. The number of amides is 1. The summed E-state index contributed by atoms with van der Waals surface area (Å²) in [4.78, 5) is 11.7. The lowest BCUT2D eigenvalue weighted by Crippen LogP contribution is -2.46. The molecule has 86 valence electrons. The van der Waals surface area contributed by atoms with Gasteiger partial charge >= 0.3 is 0 Å². The molecule has 0 heterocycles. The van der Waals surface area contributed by atoms with E-state index in [1.54, 1.807) is 0 Å². The summed E-state index contributed by atoms with van der Waals surface area (Å²) in [6, 6.07) is 0. The molecule has 0 saturated heterocycles. The first-order valence-corrected chi connectivity index (χ1v) is 5.89. The molecule has 1 rings (SSSR count). The smallest absolute Gasteiger partial charge is 0.224 e. The Bertz CT molecular complexity index is 272. The highest BCUT2D eigenvalue weighted by molar-refractivity contribution is 5.81. The minimum atomic E-state index is -0.330. The van der Waals surface area contributed by atoms with Gasteiger partial charge in [0.25, 0.3) is 0 Å². The van der Waals surface area contributed by atoms with Crippen molar-refractivity contribution in [2.24, 2.45) is 23.0 Å². The fourth-order valence-electron chi connectivity index (χ4n) is 3.15. The molecule has 2 heteroatoms. The first-order chi connectivity index (χ1) is 6.94. The number of nitrogens with two attached hydrogens (primary N) is 1. The van der Waals surface area contributed by atoms with Crippen molar-refractivity contribution >= 4 is 5.91 Å². The molecule has 3 unspecified atom stereocenters. The molecule has 1 saturated carbocycles. The molecule has 0 aliphatic heterocycles. The van der Waals surface area contributed by atoms with Crippen LogP contribution in [0, 0.1) is 17.3 Å². The van der Waals surface area contributed by atoms with Crippen molar-refractivity contribution in [1.82, 2.24) is 0 Å². The molecule has 3 atom stereocenters. The number of allylic oxidation sites excluding steroid dienone is 1. The molecule has 15 heavy (non-hydrogen) atoms. The summed E-state index contributed by atoms with van der Waals surface area (Å²) in [6.07, 6.45) is 4.01. The number of primary amides is 1. The van der Waals surface area contributed by atoms with Crippen LogP contribution in [0.2, 0.25) is 0 Å². The molecule has 1 fully saturated rings. The second-order valence-electron chi connectivity index (χ2n) is 5.16. The third kappa shape index (κ3) is 2.09. The first kappa shape index (κ1) is 12.3. The van der Waals surface area contributed by atoms with Crippen molar-refractivity contribution in [3.8, 4) is 0 Å². The molecule has 0 aromatic rings. The molecule has 0 spiro atoms. The van der Waals surface area contributed by atoms with Crippen molar-refractivity contribution < 1.29 is 4.79 Å². The van der Waals surface area contributed by atoms with Crippen LogP contribution in [0.3, 0.4) is 0 Å². The molecule has 2 N–H and O–H groups in total. The van der Waals surface area contributed by atoms with Gasteiger partial charge in [-0.15, -0.1) is 0 Å². The zero-order valence-electron chi connectivity index (χ0n) is 10.2. The largest absolute Gasteiger partial charge is 0.369 e. The van der Waals surface area contributed by atoms with Gasteiger partial charge in [0.2, 0.25) is 5.91 Å². The first-order valence-electron chi connectivity index (χ1n) is 5.89. The average molecular weight is 209 g/mol. The van der Waals surface area contributed by atoms with Crippen LogP contribution in [0.15, 0.2) is 12.2 Å². The van der Waals surface area contributed by atoms with E-state index >= 15 is 0 Å². The molecule has 0 bridgehead atoms. The number of carbonyl (C=O) groups is 1. The highest BCUT2D eigenvalue weighted by Gasteiger charge is 2.46. The van der Waals surface area contributed by atoms with Gasteiger partial charge in [0, 0.05) is 0 Å². The summed E-state index contributed by atoms with van der Waals surface area (Å²) in [5, 5.41) is 0. The zero-order valence-corrected chi connectivity index (χ0v) is 10.2. The zero-order chi connectivity index (χ0) is 11.6. The van der Waals surface area contributed by atoms with Crippen LogP contribution in [0.5, 0.6) is 0 Å². The maximum absolute atomic E-state index is 11.7. The lowest BCUT2D eigenvalue weighted by atomic mass is 9.59. The van der Waals surface area contributed by atoms with E-state index in [1.165, 1.54) is 6.42 Å². The SMILES string of the molecule is C=C(C)C1CCC(C)CC1(CC)C(N)=O. The van der Waals surface area contributed by atoms with Crippen molar-refractivity contribution in [3.63, 3.8) is 0 Å². The monoisotopic (exact) mass is 209 g/mol. The molecular formula is C13H23NO. The van der Waals surface area contributed by atoms with Gasteiger partial charge in [-0.25, -0.2) is 0 Å². The van der Waals surface area contributed by atoms with Crippen LogP contribution in [0.25, 0.3) is 0 Å². The molecule has 0 aromatic heterocycles. The van der Waals surface area contributed by atoms with E-state index in [9.17, 15) is 4.79 Å². The molecule has 1 aliphatic carbocycles. The van der Waals surface area contributed by atoms with Crippen molar-refractivity contribution in [3.05, 3.63) is 12.2 Å². The maximum Gasteiger partial charge on any atom is 0.224 e. The highest BCUT2D eigenvalue weighted by atomic mass is 16.1. The Morgan fingerprint density at radius 2 is 2.13 bits per heavy atom. The average Bonchev–Trinajstić information content (AvgIpc) is 2.16.